The quantitative estimate of drug-likeness (QED) is 0.544. The average Bonchev–Trinajstić information content (AvgIpc) is 1.76. The van der Waals surface area contributed by atoms with Crippen LogP contribution >= 0.6 is 0 Å². The molecule has 0 aromatic heterocycles. The van der Waals surface area contributed by atoms with Gasteiger partial charge in [-0.15, -0.1) is 0 Å². The van der Waals surface area contributed by atoms with E-state index in [-0.39, 0.29) is 12.3 Å². The summed E-state index contributed by atoms with van der Waals surface area (Å²) < 4.78 is 0. The van der Waals surface area contributed by atoms with Crippen LogP contribution in [0.15, 0.2) is 0 Å². The number of aliphatic carboxylic acids is 1. The van der Waals surface area contributed by atoms with E-state index in [2.05, 4.69) is 0 Å². The second kappa shape index (κ2) is 2.68. The van der Waals surface area contributed by atoms with E-state index >= 15 is 0 Å². The van der Waals surface area contributed by atoms with Crippen molar-refractivity contribution in [3.8, 4) is 0 Å². The van der Waals surface area contributed by atoms with Crippen LogP contribution in [0.25, 0.3) is 0 Å². The van der Waals surface area contributed by atoms with Gasteiger partial charge in [0.2, 0.25) is 6.41 Å². The van der Waals surface area contributed by atoms with Crippen molar-refractivity contribution >= 4 is 12.4 Å². The molecule has 0 aromatic carbocycles. The van der Waals surface area contributed by atoms with Crippen LogP contribution in [0.3, 0.4) is 0 Å². The average molecular weight is 143 g/mol. The molecule has 1 saturated heterocycles. The zero-order valence-corrected chi connectivity index (χ0v) is 5.49. The van der Waals surface area contributed by atoms with Crippen LogP contribution in [-0.2, 0) is 9.59 Å². The first kappa shape index (κ1) is 7.05. The van der Waals surface area contributed by atoms with Gasteiger partial charge in [-0.2, -0.15) is 0 Å². The lowest BCUT2D eigenvalue weighted by molar-refractivity contribution is -0.141. The summed E-state index contributed by atoms with van der Waals surface area (Å²) in [6, 6.07) is 0. The van der Waals surface area contributed by atoms with Crippen LogP contribution < -0.4 is 0 Å². The summed E-state index contributed by atoms with van der Waals surface area (Å²) >= 11 is 0. The molecule has 0 bridgehead atoms. The van der Waals surface area contributed by atoms with Crippen LogP contribution in [0, 0.1) is 5.92 Å². The minimum Gasteiger partial charge on any atom is -0.481 e. The van der Waals surface area contributed by atoms with Crippen molar-refractivity contribution in [1.29, 1.82) is 0 Å². The highest BCUT2D eigenvalue weighted by Crippen LogP contribution is 2.16. The minimum atomic E-state index is -0.782. The summed E-state index contributed by atoms with van der Waals surface area (Å²) in [7, 11) is 0. The summed E-state index contributed by atoms with van der Waals surface area (Å²) in [5.41, 5.74) is 0. The molecule has 4 heteroatoms. The minimum absolute atomic E-state index is 0.183. The van der Waals surface area contributed by atoms with Crippen molar-refractivity contribution in [2.45, 2.75) is 6.42 Å². The van der Waals surface area contributed by atoms with E-state index < -0.39 is 5.97 Å². The van der Waals surface area contributed by atoms with Gasteiger partial charge in [0.15, 0.2) is 0 Å². The number of amides is 1. The zero-order valence-electron chi connectivity index (χ0n) is 5.49. The largest absolute Gasteiger partial charge is 0.481 e. The molecule has 56 valence electrons. The maximum atomic E-state index is 10.1. The summed E-state index contributed by atoms with van der Waals surface area (Å²) in [4.78, 5) is 21.7. The standard InChI is InChI=1S/C6H9NO3/c8-4-7-2-5(3-7)1-6(9)10/h4-5H,1-3H2,(H,9,10). The van der Waals surface area contributed by atoms with Gasteiger partial charge >= 0.3 is 5.97 Å². The van der Waals surface area contributed by atoms with Crippen molar-refractivity contribution in [3.05, 3.63) is 0 Å². The van der Waals surface area contributed by atoms with Crippen LogP contribution in [0.1, 0.15) is 6.42 Å². The van der Waals surface area contributed by atoms with Gasteiger partial charge in [0.1, 0.15) is 0 Å². The number of nitrogens with zero attached hydrogens (tertiary/aromatic N) is 1. The van der Waals surface area contributed by atoms with Crippen molar-refractivity contribution < 1.29 is 14.7 Å². The summed E-state index contributed by atoms with van der Waals surface area (Å²) in [6.45, 7) is 1.21. The molecule has 0 atom stereocenters. The first-order valence-corrected chi connectivity index (χ1v) is 3.13. The van der Waals surface area contributed by atoms with Crippen molar-refractivity contribution in [2.24, 2.45) is 5.92 Å². The lowest BCUT2D eigenvalue weighted by Crippen LogP contribution is -2.46. The molecule has 1 rings (SSSR count). The van der Waals surface area contributed by atoms with Gasteiger partial charge < -0.3 is 10.0 Å². The lowest BCUT2D eigenvalue weighted by atomic mass is 9.97. The van der Waals surface area contributed by atoms with E-state index in [1.165, 1.54) is 0 Å². The topological polar surface area (TPSA) is 57.6 Å². The maximum Gasteiger partial charge on any atom is 0.303 e. The van der Waals surface area contributed by atoms with E-state index in [1.807, 2.05) is 0 Å². The third kappa shape index (κ3) is 1.46. The van der Waals surface area contributed by atoms with E-state index in [0.717, 1.165) is 6.41 Å². The molecular formula is C6H9NO3. The Morgan fingerprint density at radius 3 is 2.70 bits per heavy atom. The van der Waals surface area contributed by atoms with Crippen LogP contribution in [-0.4, -0.2) is 35.5 Å². The Morgan fingerprint density at radius 1 is 1.70 bits per heavy atom. The molecule has 10 heavy (non-hydrogen) atoms. The first-order chi connectivity index (χ1) is 4.72. The summed E-state index contributed by atoms with van der Waals surface area (Å²) in [6.07, 6.45) is 0.933. The van der Waals surface area contributed by atoms with E-state index in [1.54, 1.807) is 4.90 Å². The molecule has 0 aromatic rings. The molecular weight excluding hydrogens is 134 g/mol. The zero-order chi connectivity index (χ0) is 7.56. The molecule has 1 N–H and O–H groups in total. The van der Waals surface area contributed by atoms with Crippen LogP contribution in [0.2, 0.25) is 0 Å². The number of carbonyl (C=O) groups is 2. The van der Waals surface area contributed by atoms with E-state index in [0.29, 0.717) is 13.1 Å². The molecule has 1 amide bonds. The van der Waals surface area contributed by atoms with Gasteiger partial charge in [-0.05, 0) is 0 Å². The van der Waals surface area contributed by atoms with Gasteiger partial charge in [-0.1, -0.05) is 0 Å². The number of hydrogen-bond acceptors (Lipinski definition) is 2. The molecule has 0 spiro atoms. The molecule has 4 nitrogen and oxygen atoms in total. The Kier molecular flexibility index (Phi) is 1.89. The highest BCUT2D eigenvalue weighted by molar-refractivity contribution is 5.67. The Bertz CT molecular complexity index is 151. The molecule has 1 heterocycles. The van der Waals surface area contributed by atoms with Gasteiger partial charge in [-0.25, -0.2) is 0 Å². The summed E-state index contributed by atoms with van der Waals surface area (Å²) in [5, 5.41) is 8.30. The van der Waals surface area contributed by atoms with Gasteiger partial charge in [-0.3, -0.25) is 9.59 Å². The predicted octanol–water partition coefficient (Wildman–Crippen LogP) is -0.451. The van der Waals surface area contributed by atoms with Crippen molar-refractivity contribution in [3.63, 3.8) is 0 Å². The SMILES string of the molecule is O=CN1CC(CC(=O)O)C1. The molecule has 1 aliphatic heterocycles. The number of carboxylic acid groups (broad SMARTS) is 1. The number of rotatable bonds is 3. The summed E-state index contributed by atoms with van der Waals surface area (Å²) in [5.74, 6) is -0.599. The number of carbonyl (C=O) groups excluding carboxylic acids is 1. The smallest absolute Gasteiger partial charge is 0.303 e. The second-order valence-electron chi connectivity index (χ2n) is 2.52. The Hall–Kier alpha value is -1.06. The third-order valence-corrected chi connectivity index (χ3v) is 1.60. The fourth-order valence-corrected chi connectivity index (χ4v) is 1.07. The molecule has 0 radical (unpaired) electrons. The Morgan fingerprint density at radius 2 is 2.30 bits per heavy atom. The maximum absolute atomic E-state index is 10.1. The fourth-order valence-electron chi connectivity index (χ4n) is 1.07. The molecule has 0 aliphatic carbocycles. The van der Waals surface area contributed by atoms with Crippen molar-refractivity contribution in [2.75, 3.05) is 13.1 Å². The van der Waals surface area contributed by atoms with Gasteiger partial charge in [0.05, 0.1) is 6.42 Å². The lowest BCUT2D eigenvalue weighted by Gasteiger charge is -2.35. The van der Waals surface area contributed by atoms with Crippen LogP contribution in [0.5, 0.6) is 0 Å². The highest BCUT2D eigenvalue weighted by Gasteiger charge is 2.26. The fraction of sp³-hybridized carbons (Fsp3) is 0.667. The first-order valence-electron chi connectivity index (χ1n) is 3.13. The Labute approximate surface area is 58.4 Å². The number of carboxylic acids is 1. The monoisotopic (exact) mass is 143 g/mol. The number of likely N-dealkylation sites (tertiary alicyclic amines) is 1. The van der Waals surface area contributed by atoms with E-state index in [9.17, 15) is 9.59 Å². The Balaban J connectivity index is 2.14. The predicted molar refractivity (Wildman–Crippen MR) is 33.4 cm³/mol. The third-order valence-electron chi connectivity index (χ3n) is 1.60. The highest BCUT2D eigenvalue weighted by atomic mass is 16.4. The normalized spacial score (nSPS) is 18.2. The van der Waals surface area contributed by atoms with Crippen LogP contribution in [0.4, 0.5) is 0 Å². The molecule has 1 fully saturated rings. The molecule has 1 aliphatic rings. The second-order valence-corrected chi connectivity index (χ2v) is 2.52. The van der Waals surface area contributed by atoms with Gasteiger partial charge in [0.25, 0.3) is 0 Å². The number of hydrogen-bond donors (Lipinski definition) is 1. The van der Waals surface area contributed by atoms with Gasteiger partial charge in [0, 0.05) is 19.0 Å². The molecule has 0 saturated carbocycles. The molecule has 0 unspecified atom stereocenters. The van der Waals surface area contributed by atoms with E-state index in [4.69, 9.17) is 5.11 Å². The van der Waals surface area contributed by atoms with Crippen molar-refractivity contribution in [1.82, 2.24) is 4.90 Å².